The van der Waals surface area contributed by atoms with Crippen LogP contribution >= 0.6 is 0 Å². The van der Waals surface area contributed by atoms with Crippen LogP contribution in [0.1, 0.15) is 23.2 Å². The summed E-state index contributed by atoms with van der Waals surface area (Å²) in [5.74, 6) is 0.187. The molecule has 0 aliphatic carbocycles. The number of benzene rings is 1. The molecule has 2 rings (SSSR count). The third-order valence-electron chi connectivity index (χ3n) is 2.84. The number of rotatable bonds is 4. The van der Waals surface area contributed by atoms with Gasteiger partial charge in [0.15, 0.2) is 17.5 Å². The predicted octanol–water partition coefficient (Wildman–Crippen LogP) is 2.70. The summed E-state index contributed by atoms with van der Waals surface area (Å²) < 4.78 is 19.2. The zero-order valence-corrected chi connectivity index (χ0v) is 11.1. The molecule has 4 nitrogen and oxygen atoms in total. The Labute approximate surface area is 111 Å². The van der Waals surface area contributed by atoms with Gasteiger partial charge in [0.25, 0.3) is 0 Å². The monoisotopic (exact) mass is 261 g/mol. The first kappa shape index (κ1) is 13.4. The molecule has 1 atom stereocenters. The molecule has 0 amide bonds. The van der Waals surface area contributed by atoms with E-state index in [1.165, 1.54) is 0 Å². The van der Waals surface area contributed by atoms with E-state index in [4.69, 9.17) is 4.74 Å². The zero-order chi connectivity index (χ0) is 13.8. The number of aromatic nitrogens is 2. The molecule has 2 aromatic rings. The van der Waals surface area contributed by atoms with Gasteiger partial charge < -0.3 is 10.1 Å². The largest absolute Gasteiger partial charge is 0.371 e. The van der Waals surface area contributed by atoms with Crippen LogP contribution in [0.25, 0.3) is 0 Å². The van der Waals surface area contributed by atoms with Crippen LogP contribution in [0.4, 0.5) is 10.2 Å². The first-order chi connectivity index (χ1) is 9.17. The Morgan fingerprint density at radius 1 is 1.21 bits per heavy atom. The Balaban J connectivity index is 2.47. The van der Waals surface area contributed by atoms with E-state index in [9.17, 15) is 4.39 Å². The minimum atomic E-state index is -0.436. The van der Waals surface area contributed by atoms with E-state index in [1.807, 2.05) is 30.3 Å². The Hall–Kier alpha value is -2.01. The van der Waals surface area contributed by atoms with Gasteiger partial charge in [-0.15, -0.1) is 0 Å². The van der Waals surface area contributed by atoms with E-state index in [2.05, 4.69) is 15.3 Å². The number of aryl methyl sites for hydroxylation is 1. The van der Waals surface area contributed by atoms with Crippen LogP contribution in [0, 0.1) is 12.7 Å². The average Bonchev–Trinajstić information content (AvgIpc) is 2.44. The van der Waals surface area contributed by atoms with Crippen molar-refractivity contribution in [1.29, 1.82) is 0 Å². The molecule has 1 heterocycles. The Morgan fingerprint density at radius 2 is 1.89 bits per heavy atom. The number of halogens is 1. The number of ether oxygens (including phenoxy) is 1. The van der Waals surface area contributed by atoms with Crippen molar-refractivity contribution in [2.45, 2.75) is 13.0 Å². The lowest BCUT2D eigenvalue weighted by molar-refractivity contribution is 0.129. The number of nitrogens with zero attached hydrogens (tertiary/aromatic N) is 2. The normalized spacial score (nSPS) is 12.2. The van der Waals surface area contributed by atoms with Crippen molar-refractivity contribution in [3.05, 3.63) is 53.2 Å². The van der Waals surface area contributed by atoms with Crippen LogP contribution in [0.5, 0.6) is 0 Å². The minimum absolute atomic E-state index is 0.181. The highest BCUT2D eigenvalue weighted by molar-refractivity contribution is 5.38. The highest BCUT2D eigenvalue weighted by atomic mass is 19.1. The lowest BCUT2D eigenvalue weighted by atomic mass is 10.1. The summed E-state index contributed by atoms with van der Waals surface area (Å²) >= 11 is 0. The van der Waals surface area contributed by atoms with Crippen molar-refractivity contribution >= 4 is 5.82 Å². The molecule has 19 heavy (non-hydrogen) atoms. The number of anilines is 1. The van der Waals surface area contributed by atoms with Gasteiger partial charge in [-0.1, -0.05) is 30.3 Å². The second kappa shape index (κ2) is 5.75. The Morgan fingerprint density at radius 3 is 2.47 bits per heavy atom. The standard InChI is InChI=1S/C14H16FN3O/c1-9-11(15)13(16-2)18-14(17-9)12(19-3)10-7-5-4-6-8-10/h4-8,12H,1-3H3,(H,16,17,18). The number of methoxy groups -OCH3 is 1. The van der Waals surface area contributed by atoms with Crippen LogP contribution in [-0.2, 0) is 4.74 Å². The fourth-order valence-electron chi connectivity index (χ4n) is 1.88. The lowest BCUT2D eigenvalue weighted by Crippen LogP contribution is -2.12. The lowest BCUT2D eigenvalue weighted by Gasteiger charge is -2.16. The predicted molar refractivity (Wildman–Crippen MR) is 71.6 cm³/mol. The minimum Gasteiger partial charge on any atom is -0.371 e. The molecule has 0 fully saturated rings. The summed E-state index contributed by atoms with van der Waals surface area (Å²) in [6.45, 7) is 1.61. The van der Waals surface area contributed by atoms with E-state index < -0.39 is 11.9 Å². The van der Waals surface area contributed by atoms with Crippen molar-refractivity contribution in [2.24, 2.45) is 0 Å². The second-order valence-corrected chi connectivity index (χ2v) is 4.11. The van der Waals surface area contributed by atoms with E-state index in [-0.39, 0.29) is 5.82 Å². The van der Waals surface area contributed by atoms with Gasteiger partial charge in [-0.25, -0.2) is 14.4 Å². The molecule has 1 aromatic heterocycles. The molecule has 0 aliphatic rings. The van der Waals surface area contributed by atoms with Crippen LogP contribution in [-0.4, -0.2) is 24.1 Å². The molecule has 0 spiro atoms. The molecule has 1 unspecified atom stereocenters. The summed E-state index contributed by atoms with van der Waals surface area (Å²) in [5.41, 5.74) is 1.23. The van der Waals surface area contributed by atoms with Gasteiger partial charge in [-0.2, -0.15) is 0 Å². The maximum Gasteiger partial charge on any atom is 0.186 e. The molecule has 0 bridgehead atoms. The summed E-state index contributed by atoms with van der Waals surface area (Å²) in [5, 5.41) is 2.73. The van der Waals surface area contributed by atoms with Gasteiger partial charge in [-0.3, -0.25) is 0 Å². The quantitative estimate of drug-likeness (QED) is 0.919. The Bertz CT molecular complexity index is 560. The zero-order valence-electron chi connectivity index (χ0n) is 11.1. The first-order valence-electron chi connectivity index (χ1n) is 5.97. The number of nitrogens with one attached hydrogen (secondary N) is 1. The maximum atomic E-state index is 13.7. The van der Waals surface area contributed by atoms with Crippen molar-refractivity contribution in [1.82, 2.24) is 9.97 Å². The van der Waals surface area contributed by atoms with Crippen molar-refractivity contribution in [2.75, 3.05) is 19.5 Å². The van der Waals surface area contributed by atoms with Crippen LogP contribution in [0.2, 0.25) is 0 Å². The summed E-state index contributed by atoms with van der Waals surface area (Å²) in [7, 11) is 3.21. The molecular weight excluding hydrogens is 245 g/mol. The Kier molecular flexibility index (Phi) is 4.06. The van der Waals surface area contributed by atoms with Gasteiger partial charge in [0.1, 0.15) is 6.10 Å². The van der Waals surface area contributed by atoms with Gasteiger partial charge >= 0.3 is 0 Å². The van der Waals surface area contributed by atoms with Gasteiger partial charge in [-0.05, 0) is 12.5 Å². The third-order valence-corrected chi connectivity index (χ3v) is 2.84. The van der Waals surface area contributed by atoms with E-state index >= 15 is 0 Å². The molecule has 0 aliphatic heterocycles. The molecule has 100 valence electrons. The van der Waals surface area contributed by atoms with Crippen molar-refractivity contribution in [3.63, 3.8) is 0 Å². The van der Waals surface area contributed by atoms with Crippen molar-refractivity contribution < 1.29 is 9.13 Å². The van der Waals surface area contributed by atoms with Crippen molar-refractivity contribution in [3.8, 4) is 0 Å². The summed E-state index contributed by atoms with van der Waals surface area (Å²) in [4.78, 5) is 8.35. The molecule has 5 heteroatoms. The molecule has 1 aromatic carbocycles. The van der Waals surface area contributed by atoms with E-state index in [0.29, 0.717) is 11.5 Å². The smallest absolute Gasteiger partial charge is 0.186 e. The molecule has 0 saturated heterocycles. The summed E-state index contributed by atoms with van der Waals surface area (Å²) in [6.07, 6.45) is -0.410. The number of hydrogen-bond donors (Lipinski definition) is 1. The summed E-state index contributed by atoms with van der Waals surface area (Å²) in [6, 6.07) is 9.60. The van der Waals surface area contributed by atoms with Crippen LogP contribution in [0.15, 0.2) is 30.3 Å². The average molecular weight is 261 g/mol. The maximum absolute atomic E-state index is 13.7. The highest BCUT2D eigenvalue weighted by Crippen LogP contribution is 2.25. The van der Waals surface area contributed by atoms with E-state index in [0.717, 1.165) is 5.56 Å². The second-order valence-electron chi connectivity index (χ2n) is 4.11. The van der Waals surface area contributed by atoms with Crippen LogP contribution < -0.4 is 5.32 Å². The topological polar surface area (TPSA) is 47.0 Å². The molecular formula is C14H16FN3O. The van der Waals surface area contributed by atoms with Gasteiger partial charge in [0.2, 0.25) is 0 Å². The SMILES string of the molecule is CNc1nc(C(OC)c2ccccc2)nc(C)c1F. The van der Waals surface area contributed by atoms with Gasteiger partial charge in [0, 0.05) is 14.2 Å². The van der Waals surface area contributed by atoms with Crippen LogP contribution in [0.3, 0.4) is 0 Å². The number of hydrogen-bond acceptors (Lipinski definition) is 4. The molecule has 0 saturated carbocycles. The fourth-order valence-corrected chi connectivity index (χ4v) is 1.88. The van der Waals surface area contributed by atoms with E-state index in [1.54, 1.807) is 21.1 Å². The first-order valence-corrected chi connectivity index (χ1v) is 5.97. The fraction of sp³-hybridized carbons (Fsp3) is 0.286. The highest BCUT2D eigenvalue weighted by Gasteiger charge is 2.19. The third kappa shape index (κ3) is 2.71. The molecule has 0 radical (unpaired) electrons. The van der Waals surface area contributed by atoms with Gasteiger partial charge in [0.05, 0.1) is 5.69 Å². The molecule has 1 N–H and O–H groups in total.